The van der Waals surface area contributed by atoms with Crippen molar-refractivity contribution in [3.05, 3.63) is 94.7 Å². The number of carbonyl (C=O) groups excluding carboxylic acids is 1. The molecule has 3 nitrogen and oxygen atoms in total. The molecule has 1 heterocycles. The van der Waals surface area contributed by atoms with Gasteiger partial charge in [-0.15, -0.1) is 0 Å². The third-order valence-electron chi connectivity index (χ3n) is 3.63. The number of halogens is 1. The zero-order valence-corrected chi connectivity index (χ0v) is 15.1. The van der Waals surface area contributed by atoms with E-state index in [0.717, 1.165) is 14.9 Å². The molecule has 0 saturated carbocycles. The number of benzene rings is 2. The van der Waals surface area contributed by atoms with Crippen molar-refractivity contribution in [3.8, 4) is 0 Å². The van der Waals surface area contributed by atoms with E-state index in [1.54, 1.807) is 6.20 Å². The van der Waals surface area contributed by atoms with Crippen LogP contribution in [0.4, 0.5) is 0 Å². The highest BCUT2D eigenvalue weighted by molar-refractivity contribution is 9.10. The van der Waals surface area contributed by atoms with E-state index in [1.165, 1.54) is 11.8 Å². The van der Waals surface area contributed by atoms with Crippen molar-refractivity contribution >= 4 is 33.6 Å². The summed E-state index contributed by atoms with van der Waals surface area (Å²) in [4.78, 5) is 18.1. The van der Waals surface area contributed by atoms with Crippen LogP contribution in [0.15, 0.2) is 88.4 Å². The lowest BCUT2D eigenvalue weighted by atomic mass is 9.93. The number of primary amides is 1. The first-order chi connectivity index (χ1) is 11.6. The molecular weight excluding hydrogens is 384 g/mol. The molecule has 1 aromatic heterocycles. The molecule has 0 saturated heterocycles. The van der Waals surface area contributed by atoms with Gasteiger partial charge in [0.25, 0.3) is 0 Å². The Hall–Kier alpha value is -2.11. The van der Waals surface area contributed by atoms with Gasteiger partial charge in [0.05, 0.1) is 5.69 Å². The largest absolute Gasteiger partial charge is 0.368 e. The van der Waals surface area contributed by atoms with E-state index in [4.69, 9.17) is 5.73 Å². The molecule has 0 radical (unpaired) electrons. The predicted molar refractivity (Wildman–Crippen MR) is 101 cm³/mol. The van der Waals surface area contributed by atoms with E-state index in [9.17, 15) is 4.79 Å². The van der Waals surface area contributed by atoms with Gasteiger partial charge in [-0.3, -0.25) is 9.78 Å². The monoisotopic (exact) mass is 398 g/mol. The first-order valence-electron chi connectivity index (χ1n) is 7.34. The maximum Gasteiger partial charge on any atom is 0.244 e. The minimum absolute atomic E-state index is 0.447. The highest BCUT2D eigenvalue weighted by atomic mass is 79.9. The number of aromatic nitrogens is 1. The zero-order valence-electron chi connectivity index (χ0n) is 12.7. The third-order valence-corrected chi connectivity index (χ3v) is 5.56. The second-order valence-electron chi connectivity index (χ2n) is 5.19. The predicted octanol–water partition coefficient (Wildman–Crippen LogP) is 4.37. The maximum atomic E-state index is 12.7. The lowest BCUT2D eigenvalue weighted by Gasteiger charge is -2.30. The van der Waals surface area contributed by atoms with Crippen molar-refractivity contribution in [2.24, 2.45) is 5.73 Å². The van der Waals surface area contributed by atoms with Crippen LogP contribution in [0.5, 0.6) is 0 Å². The molecule has 24 heavy (non-hydrogen) atoms. The van der Waals surface area contributed by atoms with E-state index >= 15 is 0 Å². The topological polar surface area (TPSA) is 56.0 Å². The van der Waals surface area contributed by atoms with Crippen LogP contribution in [0.1, 0.15) is 11.3 Å². The number of carbonyl (C=O) groups is 1. The second-order valence-corrected chi connectivity index (χ2v) is 7.39. The Labute approximate surface area is 153 Å². The van der Waals surface area contributed by atoms with E-state index in [-0.39, 0.29) is 0 Å². The van der Waals surface area contributed by atoms with Crippen LogP contribution in [0.2, 0.25) is 0 Å². The standard InChI is InChI=1S/C19H15BrN2OS/c20-15-11-12-17(22-13-15)19(18(21)23,14-7-3-1-4-8-14)24-16-9-5-2-6-10-16/h1-13H,(H2,21,23). The number of nitrogens with two attached hydrogens (primary N) is 1. The molecule has 2 N–H and O–H groups in total. The summed E-state index contributed by atoms with van der Waals surface area (Å²) >= 11 is 4.79. The molecule has 3 aromatic rings. The molecule has 0 bridgehead atoms. The molecule has 0 spiro atoms. The molecule has 1 unspecified atom stereocenters. The fourth-order valence-electron chi connectivity index (χ4n) is 2.50. The fourth-order valence-corrected chi connectivity index (χ4v) is 3.96. The molecule has 0 fully saturated rings. The smallest absolute Gasteiger partial charge is 0.244 e. The summed E-state index contributed by atoms with van der Waals surface area (Å²) in [5.41, 5.74) is 7.33. The van der Waals surface area contributed by atoms with Gasteiger partial charge in [0, 0.05) is 15.6 Å². The number of thioether (sulfide) groups is 1. The van der Waals surface area contributed by atoms with Crippen molar-refractivity contribution in [1.82, 2.24) is 4.98 Å². The first-order valence-corrected chi connectivity index (χ1v) is 8.95. The van der Waals surface area contributed by atoms with Crippen LogP contribution < -0.4 is 5.73 Å². The van der Waals surface area contributed by atoms with Crippen molar-refractivity contribution in [2.75, 3.05) is 0 Å². The zero-order chi connectivity index (χ0) is 17.0. The minimum atomic E-state index is -1.09. The summed E-state index contributed by atoms with van der Waals surface area (Å²) in [5.74, 6) is -0.447. The second kappa shape index (κ2) is 7.20. The third kappa shape index (κ3) is 3.23. The van der Waals surface area contributed by atoms with Gasteiger partial charge in [0.1, 0.15) is 0 Å². The molecule has 0 aliphatic rings. The Bertz CT molecular complexity index is 825. The molecule has 2 aromatic carbocycles. The molecule has 1 amide bonds. The molecule has 0 aliphatic heterocycles. The van der Waals surface area contributed by atoms with E-state index in [0.29, 0.717) is 5.69 Å². The lowest BCUT2D eigenvalue weighted by molar-refractivity contribution is -0.119. The Morgan fingerprint density at radius 2 is 1.58 bits per heavy atom. The van der Waals surface area contributed by atoms with Gasteiger partial charge >= 0.3 is 0 Å². The van der Waals surface area contributed by atoms with Crippen LogP contribution in [0.25, 0.3) is 0 Å². The minimum Gasteiger partial charge on any atom is -0.368 e. The highest BCUT2D eigenvalue weighted by Gasteiger charge is 2.43. The van der Waals surface area contributed by atoms with Gasteiger partial charge in [0.2, 0.25) is 5.91 Å². The summed E-state index contributed by atoms with van der Waals surface area (Å²) in [7, 11) is 0. The van der Waals surface area contributed by atoms with Gasteiger partial charge in [0.15, 0.2) is 4.75 Å². The molecule has 120 valence electrons. The quantitative estimate of drug-likeness (QED) is 0.649. The van der Waals surface area contributed by atoms with Crippen LogP contribution in [-0.2, 0) is 9.54 Å². The number of pyridine rings is 1. The van der Waals surface area contributed by atoms with Crippen molar-refractivity contribution in [2.45, 2.75) is 9.64 Å². The SMILES string of the molecule is NC(=O)C(Sc1ccccc1)(c1ccccc1)c1ccc(Br)cn1. The number of hydrogen-bond acceptors (Lipinski definition) is 3. The van der Waals surface area contributed by atoms with Crippen LogP contribution in [0.3, 0.4) is 0 Å². The van der Waals surface area contributed by atoms with Crippen LogP contribution in [0, 0.1) is 0 Å². The Morgan fingerprint density at radius 1 is 0.958 bits per heavy atom. The van der Waals surface area contributed by atoms with Crippen molar-refractivity contribution in [3.63, 3.8) is 0 Å². The van der Waals surface area contributed by atoms with Gasteiger partial charge in [-0.2, -0.15) is 0 Å². The van der Waals surface area contributed by atoms with E-state index < -0.39 is 10.7 Å². The molecule has 1 atom stereocenters. The van der Waals surface area contributed by atoms with Crippen molar-refractivity contribution < 1.29 is 4.79 Å². The Balaban J connectivity index is 2.21. The van der Waals surface area contributed by atoms with E-state index in [1.807, 2.05) is 72.8 Å². The summed E-state index contributed by atoms with van der Waals surface area (Å²) in [6, 6.07) is 23.0. The number of amides is 1. The van der Waals surface area contributed by atoms with Gasteiger partial charge in [-0.05, 0) is 45.8 Å². The average Bonchev–Trinajstić information content (AvgIpc) is 2.62. The first kappa shape index (κ1) is 16.7. The highest BCUT2D eigenvalue weighted by Crippen LogP contribution is 2.45. The van der Waals surface area contributed by atoms with Crippen LogP contribution in [-0.4, -0.2) is 10.9 Å². The van der Waals surface area contributed by atoms with Crippen molar-refractivity contribution in [1.29, 1.82) is 0 Å². The van der Waals surface area contributed by atoms with E-state index in [2.05, 4.69) is 20.9 Å². The molecular formula is C19H15BrN2OS. The number of rotatable bonds is 5. The lowest BCUT2D eigenvalue weighted by Crippen LogP contribution is -2.40. The number of nitrogens with zero attached hydrogens (tertiary/aromatic N) is 1. The Morgan fingerprint density at radius 3 is 2.12 bits per heavy atom. The summed E-state index contributed by atoms with van der Waals surface area (Å²) in [6.07, 6.45) is 1.68. The summed E-state index contributed by atoms with van der Waals surface area (Å²) in [5, 5.41) is 0. The fraction of sp³-hybridized carbons (Fsp3) is 0.0526. The summed E-state index contributed by atoms with van der Waals surface area (Å²) < 4.78 is -0.244. The average molecular weight is 399 g/mol. The normalized spacial score (nSPS) is 13.2. The van der Waals surface area contributed by atoms with Crippen LogP contribution >= 0.6 is 27.7 Å². The van der Waals surface area contributed by atoms with Gasteiger partial charge in [-0.1, -0.05) is 60.3 Å². The Kier molecular flexibility index (Phi) is 5.02. The molecule has 5 heteroatoms. The number of hydrogen-bond donors (Lipinski definition) is 1. The maximum absolute atomic E-state index is 12.7. The molecule has 0 aliphatic carbocycles. The summed E-state index contributed by atoms with van der Waals surface area (Å²) in [6.45, 7) is 0. The molecule has 3 rings (SSSR count). The van der Waals surface area contributed by atoms with Gasteiger partial charge < -0.3 is 5.73 Å². The van der Waals surface area contributed by atoms with Gasteiger partial charge in [-0.25, -0.2) is 0 Å².